The summed E-state index contributed by atoms with van der Waals surface area (Å²) in [5, 5.41) is 0. The molecule has 8 heteroatoms. The van der Waals surface area contributed by atoms with Gasteiger partial charge in [-0.15, -0.1) is 0 Å². The minimum Gasteiger partial charge on any atom is -0.304 e. The molecular formula is C25H26N4O2S2. The average Bonchev–Trinajstić information content (AvgIpc) is 3.22. The van der Waals surface area contributed by atoms with E-state index < -0.39 is 0 Å². The van der Waals surface area contributed by atoms with Gasteiger partial charge in [-0.25, -0.2) is 0 Å². The molecule has 5 rings (SSSR count). The summed E-state index contributed by atoms with van der Waals surface area (Å²) in [5.74, 6) is -0.354. The fourth-order valence-electron chi connectivity index (χ4n) is 4.61. The third kappa shape index (κ3) is 3.91. The molecule has 2 fully saturated rings. The zero-order chi connectivity index (χ0) is 23.3. The number of para-hydroxylation sites is 1. The van der Waals surface area contributed by atoms with Crippen molar-refractivity contribution in [3.63, 3.8) is 0 Å². The zero-order valence-electron chi connectivity index (χ0n) is 19.0. The van der Waals surface area contributed by atoms with Crippen molar-refractivity contribution in [1.82, 2.24) is 9.80 Å². The van der Waals surface area contributed by atoms with Crippen LogP contribution in [-0.2, 0) is 9.59 Å². The lowest BCUT2D eigenvalue weighted by atomic mass is 10.1. The number of aryl methyl sites for hydroxylation is 2. The Labute approximate surface area is 203 Å². The van der Waals surface area contributed by atoms with E-state index in [9.17, 15) is 9.59 Å². The molecule has 170 valence electrons. The van der Waals surface area contributed by atoms with Gasteiger partial charge in [-0.05, 0) is 38.6 Å². The molecule has 33 heavy (non-hydrogen) atoms. The number of thioether (sulfide) groups is 1. The Bertz CT molecular complexity index is 1200. The van der Waals surface area contributed by atoms with Crippen molar-refractivity contribution in [1.29, 1.82) is 0 Å². The van der Waals surface area contributed by atoms with Gasteiger partial charge in [0.25, 0.3) is 11.8 Å². The van der Waals surface area contributed by atoms with Crippen LogP contribution in [0.5, 0.6) is 0 Å². The molecule has 0 atom stereocenters. The minimum atomic E-state index is -0.225. The Hall–Kier alpha value is -2.52. The monoisotopic (exact) mass is 478 g/mol. The molecule has 3 aliphatic rings. The van der Waals surface area contributed by atoms with Crippen LogP contribution in [-0.4, -0.2) is 65.8 Å². The molecule has 0 unspecified atom stereocenters. The summed E-state index contributed by atoms with van der Waals surface area (Å²) in [6.07, 6.45) is 0. The molecule has 2 aromatic carbocycles. The second-order valence-electron chi connectivity index (χ2n) is 8.82. The standard InChI is InChI=1S/C25H26N4O2S2/c1-16-8-9-19(17(2)14-16)29-24(31)22(33-25(29)32)21-18-6-4-5-7-20(18)28(23(21)30)15-27-12-10-26(3)11-13-27/h4-9,14H,10-13,15H2,1-3H3/b22-21-. The molecule has 0 spiro atoms. The Kier molecular flexibility index (Phi) is 5.86. The zero-order valence-corrected chi connectivity index (χ0v) is 20.6. The summed E-state index contributed by atoms with van der Waals surface area (Å²) in [5.41, 5.74) is 4.99. The Morgan fingerprint density at radius 2 is 1.67 bits per heavy atom. The van der Waals surface area contributed by atoms with E-state index in [2.05, 4.69) is 16.8 Å². The van der Waals surface area contributed by atoms with E-state index in [0.29, 0.717) is 21.5 Å². The Morgan fingerprint density at radius 3 is 2.39 bits per heavy atom. The van der Waals surface area contributed by atoms with E-state index in [1.165, 1.54) is 11.8 Å². The lowest BCUT2D eigenvalue weighted by Crippen LogP contribution is -2.49. The molecule has 0 saturated carbocycles. The summed E-state index contributed by atoms with van der Waals surface area (Å²) in [6.45, 7) is 8.29. The van der Waals surface area contributed by atoms with E-state index in [4.69, 9.17) is 12.2 Å². The smallest absolute Gasteiger partial charge is 0.271 e. The number of piperazine rings is 1. The van der Waals surface area contributed by atoms with Gasteiger partial charge in [0.1, 0.15) is 0 Å². The molecule has 2 aromatic rings. The number of hydrogen-bond acceptors (Lipinski definition) is 6. The molecular weight excluding hydrogens is 452 g/mol. The van der Waals surface area contributed by atoms with E-state index in [1.807, 2.05) is 56.3 Å². The van der Waals surface area contributed by atoms with Crippen LogP contribution < -0.4 is 9.80 Å². The average molecular weight is 479 g/mol. The quantitative estimate of drug-likeness (QED) is 0.496. The first-order valence-electron chi connectivity index (χ1n) is 11.0. The van der Waals surface area contributed by atoms with Gasteiger partial charge in [0.15, 0.2) is 4.32 Å². The summed E-state index contributed by atoms with van der Waals surface area (Å²) in [4.78, 5) is 35.7. The number of thiocarbonyl (C=S) groups is 1. The number of nitrogens with zero attached hydrogens (tertiary/aromatic N) is 4. The molecule has 0 aliphatic carbocycles. The molecule has 6 nitrogen and oxygen atoms in total. The number of hydrogen-bond donors (Lipinski definition) is 0. The number of rotatable bonds is 3. The topological polar surface area (TPSA) is 47.1 Å². The normalized spacial score (nSPS) is 22.0. The first kappa shape index (κ1) is 22.3. The molecule has 2 amide bonds. The number of likely N-dealkylation sites (N-methyl/N-ethyl adjacent to an activating group) is 1. The molecule has 0 bridgehead atoms. The van der Waals surface area contributed by atoms with Crippen molar-refractivity contribution in [2.45, 2.75) is 13.8 Å². The highest BCUT2D eigenvalue weighted by Gasteiger charge is 2.43. The number of fused-ring (bicyclic) bond motifs is 1. The highest BCUT2D eigenvalue weighted by atomic mass is 32.2. The van der Waals surface area contributed by atoms with Crippen LogP contribution in [0.25, 0.3) is 5.57 Å². The highest BCUT2D eigenvalue weighted by Crippen LogP contribution is 2.46. The van der Waals surface area contributed by atoms with Gasteiger partial charge in [-0.2, -0.15) is 0 Å². The van der Waals surface area contributed by atoms with Gasteiger partial charge in [-0.3, -0.25) is 24.3 Å². The summed E-state index contributed by atoms with van der Waals surface area (Å²) >= 11 is 6.83. The summed E-state index contributed by atoms with van der Waals surface area (Å²) < 4.78 is 0.456. The van der Waals surface area contributed by atoms with Crippen LogP contribution >= 0.6 is 24.0 Å². The van der Waals surface area contributed by atoms with E-state index in [1.54, 1.807) is 9.80 Å². The lowest BCUT2D eigenvalue weighted by Gasteiger charge is -2.34. The number of benzene rings is 2. The van der Waals surface area contributed by atoms with Crippen molar-refractivity contribution >= 4 is 57.1 Å². The SMILES string of the molecule is Cc1ccc(N2C(=O)/C(=C3/C(=O)N(CN4CCN(C)CC4)c4ccccc43)SC2=S)c(C)c1. The van der Waals surface area contributed by atoms with Gasteiger partial charge in [0.2, 0.25) is 0 Å². The van der Waals surface area contributed by atoms with E-state index in [-0.39, 0.29) is 11.8 Å². The van der Waals surface area contributed by atoms with E-state index in [0.717, 1.165) is 54.2 Å². The van der Waals surface area contributed by atoms with Crippen LogP contribution in [0.4, 0.5) is 11.4 Å². The van der Waals surface area contributed by atoms with Crippen molar-refractivity contribution in [3.05, 3.63) is 64.1 Å². The second kappa shape index (κ2) is 8.68. The maximum atomic E-state index is 13.7. The van der Waals surface area contributed by atoms with Crippen molar-refractivity contribution < 1.29 is 9.59 Å². The van der Waals surface area contributed by atoms with Gasteiger partial charge in [0.05, 0.1) is 28.5 Å². The third-order valence-corrected chi connectivity index (χ3v) is 7.82. The maximum absolute atomic E-state index is 13.7. The molecule has 2 saturated heterocycles. The molecule has 0 N–H and O–H groups in total. The predicted molar refractivity (Wildman–Crippen MR) is 138 cm³/mol. The maximum Gasteiger partial charge on any atom is 0.271 e. The first-order chi connectivity index (χ1) is 15.8. The van der Waals surface area contributed by atoms with Crippen molar-refractivity contribution in [2.75, 3.05) is 49.7 Å². The predicted octanol–water partition coefficient (Wildman–Crippen LogP) is 3.63. The number of amides is 2. The third-order valence-electron chi connectivity index (χ3n) is 6.45. The van der Waals surface area contributed by atoms with Crippen LogP contribution in [0.3, 0.4) is 0 Å². The summed E-state index contributed by atoms with van der Waals surface area (Å²) in [7, 11) is 2.11. The largest absolute Gasteiger partial charge is 0.304 e. The first-order valence-corrected chi connectivity index (χ1v) is 12.3. The second-order valence-corrected chi connectivity index (χ2v) is 10.5. The van der Waals surface area contributed by atoms with Gasteiger partial charge < -0.3 is 4.90 Å². The molecule has 3 heterocycles. The molecule has 3 aliphatic heterocycles. The van der Waals surface area contributed by atoms with E-state index >= 15 is 0 Å². The van der Waals surface area contributed by atoms with Crippen molar-refractivity contribution in [3.8, 4) is 0 Å². The number of anilines is 2. The molecule has 0 aromatic heterocycles. The van der Waals surface area contributed by atoms with Crippen LogP contribution in [0, 0.1) is 13.8 Å². The minimum absolute atomic E-state index is 0.128. The van der Waals surface area contributed by atoms with Gasteiger partial charge in [0, 0.05) is 31.7 Å². The van der Waals surface area contributed by atoms with Crippen LogP contribution in [0.1, 0.15) is 16.7 Å². The Balaban J connectivity index is 1.52. The fraction of sp³-hybridized carbons (Fsp3) is 0.320. The number of carbonyl (C=O) groups is 2. The Morgan fingerprint density at radius 1 is 0.939 bits per heavy atom. The van der Waals surface area contributed by atoms with Crippen molar-refractivity contribution in [2.24, 2.45) is 0 Å². The van der Waals surface area contributed by atoms with Gasteiger partial charge in [-0.1, -0.05) is 59.9 Å². The fourth-order valence-corrected chi connectivity index (χ4v) is 5.97. The van der Waals surface area contributed by atoms with Crippen LogP contribution in [0.2, 0.25) is 0 Å². The van der Waals surface area contributed by atoms with Crippen LogP contribution in [0.15, 0.2) is 47.4 Å². The summed E-state index contributed by atoms with van der Waals surface area (Å²) in [6, 6.07) is 13.7. The number of carbonyl (C=O) groups excluding carboxylic acids is 2. The molecule has 0 radical (unpaired) electrons. The highest BCUT2D eigenvalue weighted by molar-refractivity contribution is 8.27. The lowest BCUT2D eigenvalue weighted by molar-refractivity contribution is -0.115. The van der Waals surface area contributed by atoms with Gasteiger partial charge >= 0.3 is 0 Å².